The Kier molecular flexibility index (Phi) is 16.8. The molecule has 0 saturated heterocycles. The smallest absolute Gasteiger partial charge is 0.308 e. The van der Waals surface area contributed by atoms with Crippen molar-refractivity contribution in [2.75, 3.05) is 13.2 Å². The first-order valence-electron chi connectivity index (χ1n) is 13.0. The standard InChI is InChI=1S/C26H48O4/c1-3-5-7-9-11-12-14-16-21-30-26(28)24-19-17-18-23(22-24)25(27)29-20-15-13-10-8-6-4-2/h23-24H,3-22H2,1-2H3. The molecule has 0 aromatic heterocycles. The van der Waals surface area contributed by atoms with Crippen molar-refractivity contribution in [2.45, 2.75) is 129 Å². The number of hydrogen-bond donors (Lipinski definition) is 0. The Morgan fingerprint density at radius 1 is 0.600 bits per heavy atom. The van der Waals surface area contributed by atoms with Crippen molar-refractivity contribution in [3.8, 4) is 0 Å². The third-order valence-corrected chi connectivity index (χ3v) is 6.33. The van der Waals surface area contributed by atoms with Crippen molar-refractivity contribution in [1.82, 2.24) is 0 Å². The van der Waals surface area contributed by atoms with Crippen LogP contribution in [0.5, 0.6) is 0 Å². The van der Waals surface area contributed by atoms with E-state index in [0.717, 1.165) is 44.9 Å². The van der Waals surface area contributed by atoms with Gasteiger partial charge in [-0.25, -0.2) is 0 Å². The molecule has 0 bridgehead atoms. The zero-order valence-corrected chi connectivity index (χ0v) is 19.9. The Morgan fingerprint density at radius 2 is 0.967 bits per heavy atom. The maximum atomic E-state index is 12.4. The van der Waals surface area contributed by atoms with Crippen molar-refractivity contribution in [3.05, 3.63) is 0 Å². The summed E-state index contributed by atoms with van der Waals surface area (Å²) in [6.45, 7) is 5.50. The Hall–Kier alpha value is -1.06. The largest absolute Gasteiger partial charge is 0.465 e. The number of rotatable bonds is 18. The van der Waals surface area contributed by atoms with Gasteiger partial charge in [-0.3, -0.25) is 9.59 Å². The molecular formula is C26H48O4. The van der Waals surface area contributed by atoms with Crippen molar-refractivity contribution in [2.24, 2.45) is 11.8 Å². The summed E-state index contributed by atoms with van der Waals surface area (Å²) in [5.74, 6) is -0.464. The van der Waals surface area contributed by atoms with Gasteiger partial charge in [-0.05, 0) is 32.1 Å². The lowest BCUT2D eigenvalue weighted by molar-refractivity contribution is -0.155. The molecular weight excluding hydrogens is 376 g/mol. The summed E-state index contributed by atoms with van der Waals surface area (Å²) in [5.41, 5.74) is 0. The Bertz CT molecular complexity index is 435. The first-order chi connectivity index (χ1) is 14.7. The van der Waals surface area contributed by atoms with E-state index in [4.69, 9.17) is 9.47 Å². The van der Waals surface area contributed by atoms with Gasteiger partial charge in [-0.2, -0.15) is 0 Å². The Morgan fingerprint density at radius 3 is 1.37 bits per heavy atom. The van der Waals surface area contributed by atoms with E-state index in [1.165, 1.54) is 64.2 Å². The van der Waals surface area contributed by atoms with Crippen LogP contribution in [0.15, 0.2) is 0 Å². The molecule has 1 rings (SSSR count). The molecule has 0 aromatic carbocycles. The van der Waals surface area contributed by atoms with Crippen LogP contribution in [0.3, 0.4) is 0 Å². The maximum absolute atomic E-state index is 12.4. The van der Waals surface area contributed by atoms with Crippen LogP contribution in [0.1, 0.15) is 129 Å². The quantitative estimate of drug-likeness (QED) is 0.170. The van der Waals surface area contributed by atoms with E-state index in [1.807, 2.05) is 0 Å². The van der Waals surface area contributed by atoms with E-state index in [9.17, 15) is 9.59 Å². The molecule has 0 spiro atoms. The zero-order valence-electron chi connectivity index (χ0n) is 19.9. The summed E-state index contributed by atoms with van der Waals surface area (Å²) in [4.78, 5) is 24.7. The van der Waals surface area contributed by atoms with Crippen LogP contribution in [0.2, 0.25) is 0 Å². The molecule has 1 fully saturated rings. The molecule has 0 radical (unpaired) electrons. The molecule has 4 nitrogen and oxygen atoms in total. The SMILES string of the molecule is CCCCCCCCCCOC(=O)C1CCCC(C(=O)OCCCCCCCC)C1. The molecule has 0 amide bonds. The minimum atomic E-state index is -0.126. The van der Waals surface area contributed by atoms with E-state index in [-0.39, 0.29) is 23.8 Å². The number of hydrogen-bond acceptors (Lipinski definition) is 4. The van der Waals surface area contributed by atoms with Gasteiger partial charge < -0.3 is 9.47 Å². The lowest BCUT2D eigenvalue weighted by Crippen LogP contribution is -2.30. The van der Waals surface area contributed by atoms with Crippen LogP contribution >= 0.6 is 0 Å². The van der Waals surface area contributed by atoms with Crippen LogP contribution in [0, 0.1) is 11.8 Å². The zero-order chi connectivity index (χ0) is 21.9. The summed E-state index contributed by atoms with van der Waals surface area (Å²) < 4.78 is 11.0. The van der Waals surface area contributed by atoms with Gasteiger partial charge in [0.2, 0.25) is 0 Å². The summed E-state index contributed by atoms with van der Waals surface area (Å²) >= 11 is 0. The minimum Gasteiger partial charge on any atom is -0.465 e. The Balaban J connectivity index is 2.08. The van der Waals surface area contributed by atoms with Gasteiger partial charge in [0.05, 0.1) is 25.0 Å². The van der Waals surface area contributed by atoms with E-state index in [0.29, 0.717) is 19.6 Å². The molecule has 2 unspecified atom stereocenters. The highest BCUT2D eigenvalue weighted by Gasteiger charge is 2.32. The van der Waals surface area contributed by atoms with Gasteiger partial charge >= 0.3 is 11.9 Å². The van der Waals surface area contributed by atoms with E-state index in [1.54, 1.807) is 0 Å². The van der Waals surface area contributed by atoms with Crippen molar-refractivity contribution < 1.29 is 19.1 Å². The average molecular weight is 425 g/mol. The predicted molar refractivity (Wildman–Crippen MR) is 123 cm³/mol. The summed E-state index contributed by atoms with van der Waals surface area (Å²) in [5, 5.41) is 0. The van der Waals surface area contributed by atoms with Crippen molar-refractivity contribution in [3.63, 3.8) is 0 Å². The molecule has 0 N–H and O–H groups in total. The molecule has 176 valence electrons. The van der Waals surface area contributed by atoms with Gasteiger partial charge in [-0.15, -0.1) is 0 Å². The number of carbonyl (C=O) groups excluding carboxylic acids is 2. The predicted octanol–water partition coefficient (Wildman–Crippen LogP) is 7.38. The molecule has 0 aromatic rings. The van der Waals surface area contributed by atoms with Gasteiger partial charge in [0, 0.05) is 0 Å². The van der Waals surface area contributed by atoms with Crippen LogP contribution in [-0.2, 0) is 19.1 Å². The van der Waals surface area contributed by atoms with Gasteiger partial charge in [0.25, 0.3) is 0 Å². The summed E-state index contributed by atoms with van der Waals surface area (Å²) in [6.07, 6.45) is 20.2. The van der Waals surface area contributed by atoms with Gasteiger partial charge in [0.1, 0.15) is 0 Å². The van der Waals surface area contributed by atoms with Crippen LogP contribution in [-0.4, -0.2) is 25.2 Å². The molecule has 1 aliphatic rings. The minimum absolute atomic E-state index is 0.105. The second kappa shape index (κ2) is 18.7. The van der Waals surface area contributed by atoms with E-state index < -0.39 is 0 Å². The van der Waals surface area contributed by atoms with Crippen LogP contribution in [0.25, 0.3) is 0 Å². The Labute approximate surface area is 185 Å². The molecule has 1 aliphatic carbocycles. The maximum Gasteiger partial charge on any atom is 0.308 e. The second-order valence-corrected chi connectivity index (χ2v) is 9.14. The molecule has 0 aliphatic heterocycles. The third kappa shape index (κ3) is 13.3. The highest BCUT2D eigenvalue weighted by Crippen LogP contribution is 2.31. The second-order valence-electron chi connectivity index (χ2n) is 9.14. The highest BCUT2D eigenvalue weighted by atomic mass is 16.5. The normalized spacial score (nSPS) is 18.9. The van der Waals surface area contributed by atoms with Crippen molar-refractivity contribution >= 4 is 11.9 Å². The molecule has 0 heterocycles. The van der Waals surface area contributed by atoms with Gasteiger partial charge in [0.15, 0.2) is 0 Å². The molecule has 2 atom stereocenters. The lowest BCUT2D eigenvalue weighted by Gasteiger charge is -2.26. The number of esters is 2. The fourth-order valence-electron chi connectivity index (χ4n) is 4.32. The number of carbonyl (C=O) groups is 2. The molecule has 4 heteroatoms. The average Bonchev–Trinajstić information content (AvgIpc) is 2.77. The highest BCUT2D eigenvalue weighted by molar-refractivity contribution is 5.76. The van der Waals surface area contributed by atoms with Gasteiger partial charge in [-0.1, -0.05) is 97.3 Å². The van der Waals surface area contributed by atoms with Crippen LogP contribution < -0.4 is 0 Å². The van der Waals surface area contributed by atoms with Crippen LogP contribution in [0.4, 0.5) is 0 Å². The summed E-state index contributed by atoms with van der Waals surface area (Å²) in [7, 11) is 0. The molecule has 1 saturated carbocycles. The number of unbranched alkanes of at least 4 members (excludes halogenated alkanes) is 12. The number of ether oxygens (including phenoxy) is 2. The topological polar surface area (TPSA) is 52.6 Å². The van der Waals surface area contributed by atoms with E-state index >= 15 is 0 Å². The third-order valence-electron chi connectivity index (χ3n) is 6.33. The van der Waals surface area contributed by atoms with Crippen molar-refractivity contribution in [1.29, 1.82) is 0 Å². The molecule has 30 heavy (non-hydrogen) atoms. The van der Waals surface area contributed by atoms with E-state index in [2.05, 4.69) is 13.8 Å². The fraction of sp³-hybridized carbons (Fsp3) is 0.923. The lowest BCUT2D eigenvalue weighted by atomic mass is 9.81. The first kappa shape index (κ1) is 27.0. The monoisotopic (exact) mass is 424 g/mol. The summed E-state index contributed by atoms with van der Waals surface area (Å²) in [6, 6.07) is 0. The first-order valence-corrected chi connectivity index (χ1v) is 13.0. The fourth-order valence-corrected chi connectivity index (χ4v) is 4.32.